The zero-order chi connectivity index (χ0) is 17.2. The largest absolute Gasteiger partial charge is 0.375 e. The number of carbonyl (C=O) groups is 2. The molecule has 3 amide bonds. The first-order valence-corrected chi connectivity index (χ1v) is 7.87. The second kappa shape index (κ2) is 9.84. The zero-order valence-corrected chi connectivity index (χ0v) is 14.3. The Morgan fingerprint density at radius 3 is 2.35 bits per heavy atom. The molecule has 0 fully saturated rings. The molecule has 6 nitrogen and oxygen atoms in total. The van der Waals surface area contributed by atoms with Crippen molar-refractivity contribution in [3.05, 3.63) is 24.3 Å². The van der Waals surface area contributed by atoms with Crippen LogP contribution in [0, 0.1) is 5.92 Å². The van der Waals surface area contributed by atoms with Crippen LogP contribution in [-0.4, -0.2) is 31.7 Å². The minimum absolute atomic E-state index is 0.00842. The Labute approximate surface area is 138 Å². The second-order valence-corrected chi connectivity index (χ2v) is 6.03. The predicted molar refractivity (Wildman–Crippen MR) is 92.6 cm³/mol. The van der Waals surface area contributed by atoms with Crippen LogP contribution in [-0.2, 0) is 9.53 Å². The van der Waals surface area contributed by atoms with E-state index in [0.717, 1.165) is 12.8 Å². The third-order valence-corrected chi connectivity index (χ3v) is 3.23. The highest BCUT2D eigenvalue weighted by atomic mass is 16.5. The molecular weight excluding hydrogens is 294 g/mol. The SMILES string of the molecule is COCC(=O)Nc1cccc(NC(=O)N[C@H](C)CCC(C)C)c1. The van der Waals surface area contributed by atoms with Crippen molar-refractivity contribution in [2.75, 3.05) is 24.4 Å². The number of ether oxygens (including phenoxy) is 1. The van der Waals surface area contributed by atoms with Crippen LogP contribution in [0.4, 0.5) is 16.2 Å². The molecule has 0 aromatic heterocycles. The van der Waals surface area contributed by atoms with Crippen LogP contribution < -0.4 is 16.0 Å². The molecule has 0 saturated carbocycles. The van der Waals surface area contributed by atoms with E-state index >= 15 is 0 Å². The average Bonchev–Trinajstić information content (AvgIpc) is 2.45. The van der Waals surface area contributed by atoms with Gasteiger partial charge in [-0.15, -0.1) is 0 Å². The van der Waals surface area contributed by atoms with E-state index in [1.807, 2.05) is 6.92 Å². The maximum absolute atomic E-state index is 12.0. The molecule has 1 rings (SSSR count). The summed E-state index contributed by atoms with van der Waals surface area (Å²) in [5.74, 6) is 0.381. The summed E-state index contributed by atoms with van der Waals surface area (Å²) in [5.41, 5.74) is 1.23. The molecule has 23 heavy (non-hydrogen) atoms. The minimum atomic E-state index is -0.248. The van der Waals surface area contributed by atoms with Crippen LogP contribution in [0.1, 0.15) is 33.6 Å². The Morgan fingerprint density at radius 1 is 1.09 bits per heavy atom. The first-order chi connectivity index (χ1) is 10.9. The summed E-state index contributed by atoms with van der Waals surface area (Å²) in [6.45, 7) is 6.31. The van der Waals surface area contributed by atoms with Crippen LogP contribution in [0.25, 0.3) is 0 Å². The number of methoxy groups -OCH3 is 1. The highest BCUT2D eigenvalue weighted by molar-refractivity contribution is 5.94. The summed E-state index contributed by atoms with van der Waals surface area (Å²) in [7, 11) is 1.46. The molecule has 0 saturated heterocycles. The quantitative estimate of drug-likeness (QED) is 0.688. The van der Waals surface area contributed by atoms with Crippen LogP contribution in [0.3, 0.4) is 0 Å². The van der Waals surface area contributed by atoms with Gasteiger partial charge in [0, 0.05) is 24.5 Å². The lowest BCUT2D eigenvalue weighted by Gasteiger charge is -2.16. The summed E-state index contributed by atoms with van der Waals surface area (Å²) in [6.07, 6.45) is 2.01. The number of amides is 3. The number of hydrogen-bond acceptors (Lipinski definition) is 3. The smallest absolute Gasteiger partial charge is 0.319 e. The molecule has 0 radical (unpaired) electrons. The molecule has 6 heteroatoms. The fraction of sp³-hybridized carbons (Fsp3) is 0.529. The monoisotopic (exact) mass is 321 g/mol. The number of urea groups is 1. The maximum atomic E-state index is 12.0. The molecule has 1 aromatic rings. The number of hydrogen-bond donors (Lipinski definition) is 3. The van der Waals surface area contributed by atoms with Gasteiger partial charge in [-0.25, -0.2) is 4.79 Å². The molecule has 1 aromatic carbocycles. The van der Waals surface area contributed by atoms with E-state index in [-0.39, 0.29) is 24.6 Å². The molecule has 0 heterocycles. The van der Waals surface area contributed by atoms with Gasteiger partial charge in [0.15, 0.2) is 0 Å². The highest BCUT2D eigenvalue weighted by Gasteiger charge is 2.09. The normalized spacial score (nSPS) is 11.9. The van der Waals surface area contributed by atoms with E-state index in [1.165, 1.54) is 7.11 Å². The first kappa shape index (κ1) is 19.0. The van der Waals surface area contributed by atoms with Gasteiger partial charge in [0.25, 0.3) is 0 Å². The van der Waals surface area contributed by atoms with Gasteiger partial charge in [0.2, 0.25) is 5.91 Å². The van der Waals surface area contributed by atoms with Gasteiger partial charge in [-0.1, -0.05) is 19.9 Å². The summed E-state index contributed by atoms with van der Waals surface area (Å²) >= 11 is 0. The molecular formula is C17H27N3O3. The lowest BCUT2D eigenvalue weighted by Crippen LogP contribution is -2.36. The van der Waals surface area contributed by atoms with Crippen molar-refractivity contribution in [1.29, 1.82) is 0 Å². The molecule has 0 aliphatic heterocycles. The molecule has 128 valence electrons. The number of rotatable bonds is 8. The number of nitrogens with one attached hydrogen (secondary N) is 3. The molecule has 0 aliphatic rings. The summed E-state index contributed by atoms with van der Waals surface area (Å²) < 4.78 is 4.76. The molecule has 0 spiro atoms. The molecule has 3 N–H and O–H groups in total. The van der Waals surface area contributed by atoms with E-state index in [9.17, 15) is 9.59 Å². The molecule has 0 aliphatic carbocycles. The predicted octanol–water partition coefficient (Wildman–Crippen LogP) is 3.22. The van der Waals surface area contributed by atoms with Crippen molar-refractivity contribution in [2.24, 2.45) is 5.92 Å². The summed E-state index contributed by atoms with van der Waals surface area (Å²) in [4.78, 5) is 23.5. The Bertz CT molecular complexity index is 518. The van der Waals surface area contributed by atoms with Crippen LogP contribution in [0.15, 0.2) is 24.3 Å². The van der Waals surface area contributed by atoms with Gasteiger partial charge < -0.3 is 20.7 Å². The van der Waals surface area contributed by atoms with Crippen molar-refractivity contribution in [3.63, 3.8) is 0 Å². The topological polar surface area (TPSA) is 79.5 Å². The highest BCUT2D eigenvalue weighted by Crippen LogP contribution is 2.15. The molecule has 0 unspecified atom stereocenters. The average molecular weight is 321 g/mol. The van der Waals surface area contributed by atoms with Gasteiger partial charge in [0.05, 0.1) is 0 Å². The Kier molecular flexibility index (Phi) is 8.11. The van der Waals surface area contributed by atoms with Gasteiger partial charge >= 0.3 is 6.03 Å². The summed E-state index contributed by atoms with van der Waals surface area (Å²) in [6, 6.07) is 6.85. The van der Waals surface area contributed by atoms with Crippen LogP contribution in [0.2, 0.25) is 0 Å². The lowest BCUT2D eigenvalue weighted by molar-refractivity contribution is -0.119. The third kappa shape index (κ3) is 8.21. The van der Waals surface area contributed by atoms with Gasteiger partial charge in [-0.3, -0.25) is 4.79 Å². The van der Waals surface area contributed by atoms with Gasteiger partial charge in [-0.2, -0.15) is 0 Å². The van der Waals surface area contributed by atoms with E-state index in [1.54, 1.807) is 24.3 Å². The first-order valence-electron chi connectivity index (χ1n) is 7.87. The van der Waals surface area contributed by atoms with Crippen LogP contribution >= 0.6 is 0 Å². The zero-order valence-electron chi connectivity index (χ0n) is 14.3. The Hall–Kier alpha value is -2.08. The van der Waals surface area contributed by atoms with Crippen molar-refractivity contribution < 1.29 is 14.3 Å². The molecule has 1 atom stereocenters. The minimum Gasteiger partial charge on any atom is -0.375 e. The Morgan fingerprint density at radius 2 is 1.74 bits per heavy atom. The van der Waals surface area contributed by atoms with Gasteiger partial charge in [-0.05, 0) is 43.9 Å². The summed E-state index contributed by atoms with van der Waals surface area (Å²) in [5, 5.41) is 8.37. The lowest BCUT2D eigenvalue weighted by atomic mass is 10.0. The van der Waals surface area contributed by atoms with Gasteiger partial charge in [0.1, 0.15) is 6.61 Å². The number of anilines is 2. The van der Waals surface area contributed by atoms with Crippen molar-refractivity contribution in [3.8, 4) is 0 Å². The fourth-order valence-electron chi connectivity index (χ4n) is 2.05. The number of carbonyl (C=O) groups excluding carboxylic acids is 2. The van der Waals surface area contributed by atoms with E-state index in [4.69, 9.17) is 4.74 Å². The third-order valence-electron chi connectivity index (χ3n) is 3.23. The van der Waals surface area contributed by atoms with Crippen LogP contribution in [0.5, 0.6) is 0 Å². The van der Waals surface area contributed by atoms with E-state index in [2.05, 4.69) is 29.8 Å². The fourth-order valence-corrected chi connectivity index (χ4v) is 2.05. The van der Waals surface area contributed by atoms with Crippen molar-refractivity contribution in [1.82, 2.24) is 5.32 Å². The number of benzene rings is 1. The standard InChI is InChI=1S/C17H27N3O3/c1-12(2)8-9-13(3)18-17(22)20-15-7-5-6-14(10-15)19-16(21)11-23-4/h5-7,10,12-13H,8-9,11H2,1-4H3,(H,19,21)(H2,18,20,22)/t13-/m1/s1. The van der Waals surface area contributed by atoms with Crippen molar-refractivity contribution >= 4 is 23.3 Å². The maximum Gasteiger partial charge on any atom is 0.319 e. The second-order valence-electron chi connectivity index (χ2n) is 6.03. The van der Waals surface area contributed by atoms with E-state index in [0.29, 0.717) is 17.3 Å². The molecule has 0 bridgehead atoms. The van der Waals surface area contributed by atoms with E-state index < -0.39 is 0 Å². The Balaban J connectivity index is 2.50. The van der Waals surface area contributed by atoms with Crippen molar-refractivity contribution in [2.45, 2.75) is 39.7 Å².